The minimum absolute atomic E-state index is 0.0997. The molecule has 1 aromatic heterocycles. The van der Waals surface area contributed by atoms with Crippen molar-refractivity contribution in [2.45, 2.75) is 32.2 Å². The Hall–Kier alpha value is -1.14. The summed E-state index contributed by atoms with van der Waals surface area (Å²) in [7, 11) is 0. The van der Waals surface area contributed by atoms with E-state index in [2.05, 4.69) is 22.5 Å². The van der Waals surface area contributed by atoms with E-state index < -0.39 is 0 Å². The Labute approximate surface area is 117 Å². The van der Waals surface area contributed by atoms with Crippen molar-refractivity contribution < 1.29 is 4.79 Å². The first-order valence-corrected chi connectivity index (χ1v) is 7.84. The van der Waals surface area contributed by atoms with E-state index in [9.17, 15) is 4.79 Å². The van der Waals surface area contributed by atoms with Crippen molar-refractivity contribution in [2.24, 2.45) is 0 Å². The van der Waals surface area contributed by atoms with Crippen molar-refractivity contribution in [3.63, 3.8) is 0 Å². The minimum Gasteiger partial charge on any atom is -0.353 e. The molecule has 6 heteroatoms. The van der Waals surface area contributed by atoms with Gasteiger partial charge in [0.25, 0.3) is 0 Å². The second-order valence-electron chi connectivity index (χ2n) is 5.08. The third kappa shape index (κ3) is 2.60. The lowest BCUT2D eigenvalue weighted by atomic mass is 9.98. The number of thiazole rings is 1. The zero-order chi connectivity index (χ0) is 13.2. The van der Waals surface area contributed by atoms with Crippen LogP contribution in [0.5, 0.6) is 0 Å². The van der Waals surface area contributed by atoms with Crippen molar-refractivity contribution in [1.82, 2.24) is 15.6 Å². The van der Waals surface area contributed by atoms with E-state index in [4.69, 9.17) is 4.98 Å². The molecule has 0 saturated carbocycles. The molecule has 1 saturated heterocycles. The number of aromatic nitrogens is 1. The Morgan fingerprint density at radius 1 is 1.58 bits per heavy atom. The number of carbonyl (C=O) groups is 1. The van der Waals surface area contributed by atoms with Crippen LogP contribution in [0.25, 0.3) is 0 Å². The van der Waals surface area contributed by atoms with Crippen LogP contribution in [-0.2, 0) is 11.2 Å². The van der Waals surface area contributed by atoms with Gasteiger partial charge in [-0.05, 0) is 25.8 Å². The molecule has 1 fully saturated rings. The quantitative estimate of drug-likeness (QED) is 0.869. The highest BCUT2D eigenvalue weighted by Gasteiger charge is 2.27. The first-order chi connectivity index (χ1) is 9.28. The molecule has 1 atom stereocenters. The Morgan fingerprint density at radius 3 is 3.26 bits per heavy atom. The molecule has 0 bridgehead atoms. The van der Waals surface area contributed by atoms with Gasteiger partial charge < -0.3 is 15.5 Å². The molecule has 0 radical (unpaired) electrons. The molecular formula is C13H20N4OS. The molecule has 1 amide bonds. The standard InChI is InChI=1S/C13H20N4OS/c1-2-14-9-4-3-5-10-12(9)19-13(16-10)17-7-6-15-11(18)8-17/h9,14H,2-8H2,1H3,(H,15,18). The maximum Gasteiger partial charge on any atom is 0.239 e. The monoisotopic (exact) mass is 280 g/mol. The lowest BCUT2D eigenvalue weighted by molar-refractivity contribution is -0.120. The maximum absolute atomic E-state index is 11.5. The first-order valence-electron chi connectivity index (χ1n) is 7.02. The smallest absolute Gasteiger partial charge is 0.239 e. The van der Waals surface area contributed by atoms with Gasteiger partial charge in [-0.25, -0.2) is 4.98 Å². The highest BCUT2D eigenvalue weighted by atomic mass is 32.1. The van der Waals surface area contributed by atoms with Crippen LogP contribution in [0.2, 0.25) is 0 Å². The second-order valence-corrected chi connectivity index (χ2v) is 6.09. The van der Waals surface area contributed by atoms with Gasteiger partial charge in [-0.1, -0.05) is 18.3 Å². The van der Waals surface area contributed by atoms with Gasteiger partial charge in [-0.3, -0.25) is 4.79 Å². The van der Waals surface area contributed by atoms with Gasteiger partial charge in [0.15, 0.2) is 5.13 Å². The summed E-state index contributed by atoms with van der Waals surface area (Å²) in [6.45, 7) is 5.16. The first kappa shape index (κ1) is 12.9. The van der Waals surface area contributed by atoms with E-state index in [1.807, 2.05) is 0 Å². The maximum atomic E-state index is 11.5. The topological polar surface area (TPSA) is 57.3 Å². The van der Waals surface area contributed by atoms with Gasteiger partial charge in [-0.15, -0.1) is 0 Å². The molecule has 1 aliphatic heterocycles. The number of hydrogen-bond acceptors (Lipinski definition) is 5. The van der Waals surface area contributed by atoms with Gasteiger partial charge in [0.05, 0.1) is 12.2 Å². The molecule has 1 aromatic rings. The number of aryl methyl sites for hydroxylation is 1. The number of nitrogens with zero attached hydrogens (tertiary/aromatic N) is 2. The summed E-state index contributed by atoms with van der Waals surface area (Å²) < 4.78 is 0. The van der Waals surface area contributed by atoms with E-state index in [1.54, 1.807) is 11.3 Å². The van der Waals surface area contributed by atoms with Crippen LogP contribution in [-0.4, -0.2) is 37.1 Å². The van der Waals surface area contributed by atoms with Crippen molar-refractivity contribution in [2.75, 3.05) is 31.1 Å². The predicted molar refractivity (Wildman–Crippen MR) is 76.7 cm³/mol. The van der Waals surface area contributed by atoms with Crippen LogP contribution < -0.4 is 15.5 Å². The van der Waals surface area contributed by atoms with Gasteiger partial charge in [0, 0.05) is 24.0 Å². The number of anilines is 1. The van der Waals surface area contributed by atoms with Crippen molar-refractivity contribution in [3.05, 3.63) is 10.6 Å². The molecule has 19 heavy (non-hydrogen) atoms. The van der Waals surface area contributed by atoms with E-state index >= 15 is 0 Å². The molecular weight excluding hydrogens is 260 g/mol. The van der Waals surface area contributed by atoms with Crippen molar-refractivity contribution >= 4 is 22.4 Å². The number of amides is 1. The van der Waals surface area contributed by atoms with Crippen molar-refractivity contribution in [3.8, 4) is 0 Å². The Balaban J connectivity index is 1.82. The van der Waals surface area contributed by atoms with E-state index in [1.165, 1.54) is 23.4 Å². The molecule has 2 N–H and O–H groups in total. The van der Waals surface area contributed by atoms with Crippen LogP contribution in [0.4, 0.5) is 5.13 Å². The number of fused-ring (bicyclic) bond motifs is 1. The molecule has 3 rings (SSSR count). The average molecular weight is 280 g/mol. The summed E-state index contributed by atoms with van der Waals surface area (Å²) in [5.41, 5.74) is 1.24. The number of rotatable bonds is 3. The summed E-state index contributed by atoms with van der Waals surface area (Å²) in [5, 5.41) is 7.41. The highest BCUT2D eigenvalue weighted by Crippen LogP contribution is 2.37. The summed E-state index contributed by atoms with van der Waals surface area (Å²) >= 11 is 1.76. The Morgan fingerprint density at radius 2 is 2.47 bits per heavy atom. The fourth-order valence-corrected chi connectivity index (χ4v) is 4.03. The number of piperazine rings is 1. The lowest BCUT2D eigenvalue weighted by Crippen LogP contribution is -2.47. The minimum atomic E-state index is 0.0997. The van der Waals surface area contributed by atoms with Gasteiger partial charge in [-0.2, -0.15) is 0 Å². The van der Waals surface area contributed by atoms with Gasteiger partial charge >= 0.3 is 0 Å². The predicted octanol–water partition coefficient (Wildman–Crippen LogP) is 1.07. The molecule has 2 aliphatic rings. The summed E-state index contributed by atoms with van der Waals surface area (Å²) in [4.78, 5) is 19.7. The SMILES string of the molecule is CCNC1CCCc2nc(N3CCNC(=O)C3)sc21. The molecule has 5 nitrogen and oxygen atoms in total. The average Bonchev–Trinajstić information content (AvgIpc) is 2.84. The third-order valence-corrected chi connectivity index (χ3v) is 4.97. The van der Waals surface area contributed by atoms with Crippen LogP contribution in [0, 0.1) is 0 Å². The zero-order valence-corrected chi connectivity index (χ0v) is 12.1. The fraction of sp³-hybridized carbons (Fsp3) is 0.692. The number of hydrogen-bond donors (Lipinski definition) is 2. The molecule has 104 valence electrons. The van der Waals surface area contributed by atoms with Crippen LogP contribution in [0.15, 0.2) is 0 Å². The number of nitrogens with one attached hydrogen (secondary N) is 2. The summed E-state index contributed by atoms with van der Waals surface area (Å²) in [5.74, 6) is 0.0997. The third-order valence-electron chi connectivity index (χ3n) is 3.70. The van der Waals surface area contributed by atoms with Crippen LogP contribution in [0.1, 0.15) is 36.4 Å². The molecule has 0 spiro atoms. The van der Waals surface area contributed by atoms with Gasteiger partial charge in [0.1, 0.15) is 0 Å². The van der Waals surface area contributed by atoms with Crippen LogP contribution >= 0.6 is 11.3 Å². The van der Waals surface area contributed by atoms with E-state index in [0.717, 1.165) is 31.2 Å². The number of carbonyl (C=O) groups excluding carboxylic acids is 1. The van der Waals surface area contributed by atoms with E-state index in [-0.39, 0.29) is 5.91 Å². The van der Waals surface area contributed by atoms with E-state index in [0.29, 0.717) is 12.6 Å². The molecule has 2 heterocycles. The normalized spacial score (nSPS) is 23.1. The van der Waals surface area contributed by atoms with Crippen LogP contribution in [0.3, 0.4) is 0 Å². The molecule has 0 aromatic carbocycles. The highest BCUT2D eigenvalue weighted by molar-refractivity contribution is 7.15. The second kappa shape index (κ2) is 5.46. The largest absolute Gasteiger partial charge is 0.353 e. The summed E-state index contributed by atoms with van der Waals surface area (Å²) in [6.07, 6.45) is 3.48. The summed E-state index contributed by atoms with van der Waals surface area (Å²) in [6, 6.07) is 0.457. The zero-order valence-electron chi connectivity index (χ0n) is 11.2. The van der Waals surface area contributed by atoms with Crippen molar-refractivity contribution in [1.29, 1.82) is 0 Å². The fourth-order valence-electron chi connectivity index (χ4n) is 2.78. The molecule has 1 unspecified atom stereocenters. The Kier molecular flexibility index (Phi) is 3.70. The lowest BCUT2D eigenvalue weighted by Gasteiger charge is -2.25. The molecule has 1 aliphatic carbocycles. The Bertz CT molecular complexity index is 473. The van der Waals surface area contributed by atoms with Gasteiger partial charge in [0.2, 0.25) is 5.91 Å².